The first-order valence-electron chi connectivity index (χ1n) is 10.1. The van der Waals surface area contributed by atoms with Gasteiger partial charge in [-0.2, -0.15) is 0 Å². The fourth-order valence-corrected chi connectivity index (χ4v) is 2.08. The number of aryl methyl sites for hydroxylation is 1. The smallest absolute Gasteiger partial charge is 0.0858 e. The van der Waals surface area contributed by atoms with Crippen molar-refractivity contribution < 1.29 is 5.11 Å². The molecular formula is C22H46N2O. The molecule has 0 aromatic heterocycles. The van der Waals surface area contributed by atoms with Crippen LogP contribution in [-0.4, -0.2) is 32.0 Å². The Hall–Kier alpha value is -1.35. The molecule has 0 saturated heterocycles. The fraction of sp³-hybridized carbons (Fsp3) is 0.682. The quantitative estimate of drug-likeness (QED) is 0.541. The zero-order valence-corrected chi connectivity index (χ0v) is 18.8. The van der Waals surface area contributed by atoms with Crippen LogP contribution in [0.5, 0.6) is 0 Å². The van der Waals surface area contributed by atoms with Crippen LogP contribution in [0.1, 0.15) is 80.7 Å². The lowest BCUT2D eigenvalue weighted by Gasteiger charge is -2.25. The van der Waals surface area contributed by atoms with Gasteiger partial charge in [-0.25, -0.2) is 0 Å². The van der Waals surface area contributed by atoms with Crippen molar-refractivity contribution in [2.45, 2.75) is 81.6 Å². The molecule has 1 aromatic rings. The molecular weight excluding hydrogens is 308 g/mol. The van der Waals surface area contributed by atoms with E-state index in [9.17, 15) is 0 Å². The van der Waals surface area contributed by atoms with Gasteiger partial charge in [0.15, 0.2) is 0 Å². The molecule has 0 amide bonds. The number of nitrogens with zero attached hydrogens (tertiary/aromatic N) is 2. The van der Waals surface area contributed by atoms with Crippen molar-refractivity contribution in [2.24, 2.45) is 4.99 Å². The third-order valence-corrected chi connectivity index (χ3v) is 2.95. The van der Waals surface area contributed by atoms with Crippen molar-refractivity contribution in [1.82, 2.24) is 0 Å². The van der Waals surface area contributed by atoms with Crippen LogP contribution < -0.4 is 4.90 Å². The molecule has 0 aliphatic heterocycles. The number of aliphatic hydroxyl groups excluding tert-OH is 1. The van der Waals surface area contributed by atoms with E-state index in [4.69, 9.17) is 5.11 Å². The Morgan fingerprint density at radius 3 is 1.64 bits per heavy atom. The van der Waals surface area contributed by atoms with E-state index in [1.165, 1.54) is 11.3 Å². The molecule has 0 heterocycles. The van der Waals surface area contributed by atoms with Crippen LogP contribution in [0.2, 0.25) is 0 Å². The monoisotopic (exact) mass is 354 g/mol. The summed E-state index contributed by atoms with van der Waals surface area (Å²) in [6.45, 7) is 24.5. The molecule has 3 nitrogen and oxygen atoms in total. The molecule has 1 aromatic carbocycles. The number of aliphatic hydroxyl groups is 1. The Labute approximate surface area is 159 Å². The molecule has 0 spiro atoms. The highest BCUT2D eigenvalue weighted by molar-refractivity contribution is 5.70. The number of aliphatic imine (C=N–C) groups is 1. The number of rotatable bonds is 7. The number of anilines is 1. The van der Waals surface area contributed by atoms with Gasteiger partial charge in [-0.3, -0.25) is 4.99 Å². The van der Waals surface area contributed by atoms with Crippen LogP contribution in [0.15, 0.2) is 23.2 Å². The van der Waals surface area contributed by atoms with Crippen LogP contribution >= 0.6 is 0 Å². The highest BCUT2D eigenvalue weighted by Crippen LogP contribution is 2.30. The predicted molar refractivity (Wildman–Crippen MR) is 120 cm³/mol. The van der Waals surface area contributed by atoms with Crippen molar-refractivity contribution in [3.05, 3.63) is 23.8 Å². The molecule has 1 rings (SSSR count). The van der Waals surface area contributed by atoms with Crippen molar-refractivity contribution in [2.75, 3.05) is 25.1 Å². The average Bonchev–Trinajstić information content (AvgIpc) is 2.73. The number of hydrogen-bond acceptors (Lipinski definition) is 3. The topological polar surface area (TPSA) is 35.8 Å². The molecule has 0 aliphatic carbocycles. The molecule has 0 saturated carbocycles. The van der Waals surface area contributed by atoms with Gasteiger partial charge in [0.2, 0.25) is 0 Å². The van der Waals surface area contributed by atoms with E-state index >= 15 is 0 Å². The summed E-state index contributed by atoms with van der Waals surface area (Å²) in [6.07, 6.45) is 3.36. The minimum absolute atomic E-state index is 1.00. The van der Waals surface area contributed by atoms with Gasteiger partial charge in [-0.1, -0.05) is 68.4 Å². The molecule has 0 atom stereocenters. The van der Waals surface area contributed by atoms with Crippen molar-refractivity contribution in [1.29, 1.82) is 0 Å². The average molecular weight is 355 g/mol. The standard InChI is InChI=1S/C15H24N2.3C2H6.CH4O/c1-5-10-17(11-6-2)15-9-8-13(7-3)12-14(15)16-4;4*1-2/h8-9,12H,4-7,10-11H2,1-3H3;3*1-2H3;2H,1H3. The van der Waals surface area contributed by atoms with Gasteiger partial charge < -0.3 is 10.0 Å². The molecule has 0 bridgehead atoms. The van der Waals surface area contributed by atoms with Crippen molar-refractivity contribution >= 4 is 18.1 Å². The van der Waals surface area contributed by atoms with Gasteiger partial charge in [0.25, 0.3) is 0 Å². The summed E-state index contributed by atoms with van der Waals surface area (Å²) in [4.78, 5) is 6.58. The highest BCUT2D eigenvalue weighted by Gasteiger charge is 2.09. The van der Waals surface area contributed by atoms with Crippen LogP contribution in [0.4, 0.5) is 11.4 Å². The van der Waals surface area contributed by atoms with Crippen LogP contribution in [0, 0.1) is 0 Å². The van der Waals surface area contributed by atoms with E-state index in [2.05, 4.69) is 55.6 Å². The summed E-state index contributed by atoms with van der Waals surface area (Å²) < 4.78 is 0. The maximum absolute atomic E-state index is 7.00. The summed E-state index contributed by atoms with van der Waals surface area (Å²) in [6, 6.07) is 6.54. The molecule has 1 N–H and O–H groups in total. The van der Waals surface area contributed by atoms with Crippen molar-refractivity contribution in [3.63, 3.8) is 0 Å². The SMILES string of the molecule is C=Nc1cc(CC)ccc1N(CCC)CCC.CC.CC.CC.CO. The molecule has 3 heteroatoms. The Kier molecular flexibility index (Phi) is 34.6. The maximum Gasteiger partial charge on any atom is 0.0858 e. The van der Waals surface area contributed by atoms with E-state index in [0.717, 1.165) is 45.1 Å². The molecule has 0 radical (unpaired) electrons. The van der Waals surface area contributed by atoms with Gasteiger partial charge in [-0.15, -0.1) is 0 Å². The predicted octanol–water partition coefficient (Wildman–Crippen LogP) is 6.89. The third-order valence-electron chi connectivity index (χ3n) is 2.95. The summed E-state index contributed by atoms with van der Waals surface area (Å²) in [5, 5.41) is 7.00. The van der Waals surface area contributed by atoms with Gasteiger partial charge in [0.05, 0.1) is 11.4 Å². The van der Waals surface area contributed by atoms with E-state index in [-0.39, 0.29) is 0 Å². The zero-order chi connectivity index (χ0) is 20.7. The van der Waals surface area contributed by atoms with Gasteiger partial charge >= 0.3 is 0 Å². The Balaban J connectivity index is -0.000000241. The van der Waals surface area contributed by atoms with Crippen LogP contribution in [0.25, 0.3) is 0 Å². The fourth-order valence-electron chi connectivity index (χ4n) is 2.08. The summed E-state index contributed by atoms with van der Waals surface area (Å²) in [5.41, 5.74) is 3.57. The molecule has 0 fully saturated rings. The zero-order valence-electron chi connectivity index (χ0n) is 18.8. The second kappa shape index (κ2) is 27.5. The summed E-state index contributed by atoms with van der Waals surface area (Å²) in [7, 11) is 1.00. The molecule has 0 unspecified atom stereocenters. The van der Waals surface area contributed by atoms with Crippen molar-refractivity contribution in [3.8, 4) is 0 Å². The van der Waals surface area contributed by atoms with E-state index in [1.807, 2.05) is 41.5 Å². The Morgan fingerprint density at radius 2 is 1.32 bits per heavy atom. The van der Waals surface area contributed by atoms with Gasteiger partial charge in [0.1, 0.15) is 0 Å². The van der Waals surface area contributed by atoms with E-state index in [0.29, 0.717) is 0 Å². The van der Waals surface area contributed by atoms with Gasteiger partial charge in [0, 0.05) is 20.2 Å². The molecule has 25 heavy (non-hydrogen) atoms. The molecule has 150 valence electrons. The maximum atomic E-state index is 7.00. The van der Waals surface area contributed by atoms with Crippen LogP contribution in [0.3, 0.4) is 0 Å². The number of hydrogen-bond donors (Lipinski definition) is 1. The van der Waals surface area contributed by atoms with E-state index < -0.39 is 0 Å². The summed E-state index contributed by atoms with van der Waals surface area (Å²) in [5.74, 6) is 0. The Morgan fingerprint density at radius 1 is 0.880 bits per heavy atom. The Bertz CT molecular complexity index is 359. The second-order valence-electron chi connectivity index (χ2n) is 4.32. The number of benzene rings is 1. The minimum atomic E-state index is 1.00. The van der Waals surface area contributed by atoms with Gasteiger partial charge in [-0.05, 0) is 43.7 Å². The second-order valence-corrected chi connectivity index (χ2v) is 4.32. The summed E-state index contributed by atoms with van der Waals surface area (Å²) >= 11 is 0. The first-order chi connectivity index (χ1) is 12.3. The lowest BCUT2D eigenvalue weighted by atomic mass is 10.1. The van der Waals surface area contributed by atoms with E-state index in [1.54, 1.807) is 0 Å². The third kappa shape index (κ3) is 14.7. The van der Waals surface area contributed by atoms with Crippen LogP contribution in [-0.2, 0) is 6.42 Å². The lowest BCUT2D eigenvalue weighted by molar-refractivity contribution is 0.399. The first kappa shape index (κ1) is 31.4. The lowest BCUT2D eigenvalue weighted by Crippen LogP contribution is -2.24. The molecule has 0 aliphatic rings. The first-order valence-corrected chi connectivity index (χ1v) is 10.1. The largest absolute Gasteiger partial charge is 0.400 e. The minimum Gasteiger partial charge on any atom is -0.400 e. The highest BCUT2D eigenvalue weighted by atomic mass is 16.2. The normalized spacial score (nSPS) is 7.96.